The summed E-state index contributed by atoms with van der Waals surface area (Å²) >= 11 is 1.46. The third-order valence-electron chi connectivity index (χ3n) is 5.24. The van der Waals surface area contributed by atoms with Crippen LogP contribution in [0.15, 0.2) is 52.3 Å². The highest BCUT2D eigenvalue weighted by molar-refractivity contribution is 7.98. The average molecular weight is 433 g/mol. The maximum atomic E-state index is 13.2. The number of benzene rings is 2. The summed E-state index contributed by atoms with van der Waals surface area (Å²) in [6, 6.07) is 12.7. The summed E-state index contributed by atoms with van der Waals surface area (Å²) < 4.78 is 27.7. The maximum Gasteiger partial charge on any atom is 0.255 e. The molecule has 0 aliphatic carbocycles. The Labute approximate surface area is 178 Å². The van der Waals surface area contributed by atoms with E-state index >= 15 is 0 Å². The fraction of sp³-hybridized carbons (Fsp3) is 0.409. The molecular weight excluding hydrogens is 404 g/mol. The van der Waals surface area contributed by atoms with Crippen LogP contribution in [0.1, 0.15) is 40.7 Å². The smallest absolute Gasteiger partial charge is 0.255 e. The van der Waals surface area contributed by atoms with Gasteiger partial charge in [0, 0.05) is 31.6 Å². The Balaban J connectivity index is 1.89. The van der Waals surface area contributed by atoms with E-state index in [4.69, 9.17) is 0 Å². The Bertz CT molecular complexity index is 983. The number of sulfonamides is 1. The Morgan fingerprint density at radius 1 is 1.10 bits per heavy atom. The highest BCUT2D eigenvalue weighted by atomic mass is 32.2. The van der Waals surface area contributed by atoms with E-state index in [1.165, 1.54) is 16.1 Å². The molecule has 1 heterocycles. The summed E-state index contributed by atoms with van der Waals surface area (Å²) in [4.78, 5) is 15.9. The zero-order valence-corrected chi connectivity index (χ0v) is 18.9. The van der Waals surface area contributed by atoms with Crippen molar-refractivity contribution in [1.29, 1.82) is 0 Å². The molecule has 1 aliphatic heterocycles. The van der Waals surface area contributed by atoms with Gasteiger partial charge >= 0.3 is 0 Å². The first-order valence-electron chi connectivity index (χ1n) is 9.82. The average Bonchev–Trinajstić information content (AvgIpc) is 2.73. The molecule has 2 aromatic rings. The first kappa shape index (κ1) is 21.9. The third kappa shape index (κ3) is 5.02. The molecule has 1 aliphatic rings. The predicted octanol–water partition coefficient (Wildman–Crippen LogP) is 4.16. The van der Waals surface area contributed by atoms with E-state index in [1.54, 1.807) is 25.2 Å². The second kappa shape index (κ2) is 9.32. The van der Waals surface area contributed by atoms with Gasteiger partial charge in [-0.2, -0.15) is 4.31 Å². The molecular formula is C22H28N2O3S2. The van der Waals surface area contributed by atoms with Crippen LogP contribution in [0.2, 0.25) is 0 Å². The minimum Gasteiger partial charge on any atom is -0.339 e. The van der Waals surface area contributed by atoms with Crippen LogP contribution >= 0.6 is 11.8 Å². The fourth-order valence-corrected chi connectivity index (χ4v) is 5.37. The number of hydrogen-bond acceptors (Lipinski definition) is 4. The molecule has 1 saturated heterocycles. The second-order valence-electron chi connectivity index (χ2n) is 7.47. The molecule has 0 radical (unpaired) electrons. The van der Waals surface area contributed by atoms with Crippen molar-refractivity contribution in [3.8, 4) is 0 Å². The number of rotatable bonds is 6. The summed E-state index contributed by atoms with van der Waals surface area (Å²) in [5.41, 5.74) is 2.50. The largest absolute Gasteiger partial charge is 0.339 e. The highest BCUT2D eigenvalue weighted by Crippen LogP contribution is 2.27. The number of amides is 1. The molecule has 5 nitrogen and oxygen atoms in total. The van der Waals surface area contributed by atoms with Crippen LogP contribution in [-0.4, -0.2) is 49.9 Å². The number of nitrogens with zero attached hydrogens (tertiary/aromatic N) is 2. The number of carbonyl (C=O) groups is 1. The van der Waals surface area contributed by atoms with Crippen molar-refractivity contribution >= 4 is 27.7 Å². The number of carbonyl (C=O) groups excluding carboxylic acids is 1. The molecule has 0 unspecified atom stereocenters. The molecule has 0 atom stereocenters. The predicted molar refractivity (Wildman–Crippen MR) is 118 cm³/mol. The minimum absolute atomic E-state index is 0.0764. The maximum absolute atomic E-state index is 13.2. The third-order valence-corrected chi connectivity index (χ3v) is 7.84. The number of likely N-dealkylation sites (tertiary alicyclic amines) is 1. The van der Waals surface area contributed by atoms with Gasteiger partial charge in [0.05, 0.1) is 10.5 Å². The molecule has 1 fully saturated rings. The van der Waals surface area contributed by atoms with Crippen LogP contribution in [0.4, 0.5) is 0 Å². The Hall–Kier alpha value is -1.83. The zero-order chi connectivity index (χ0) is 21.0. The summed E-state index contributed by atoms with van der Waals surface area (Å²) in [7, 11) is -2.13. The van der Waals surface area contributed by atoms with Crippen molar-refractivity contribution in [2.45, 2.75) is 42.5 Å². The lowest BCUT2D eigenvalue weighted by Gasteiger charge is -2.27. The van der Waals surface area contributed by atoms with Crippen LogP contribution in [-0.2, 0) is 16.6 Å². The van der Waals surface area contributed by atoms with Crippen LogP contribution in [0.3, 0.4) is 0 Å². The number of thioether (sulfide) groups is 1. The number of hydrogen-bond donors (Lipinski definition) is 0. The summed E-state index contributed by atoms with van der Waals surface area (Å²) in [6.07, 6.45) is 5.03. The lowest BCUT2D eigenvalue weighted by atomic mass is 10.1. The van der Waals surface area contributed by atoms with Gasteiger partial charge in [-0.25, -0.2) is 8.42 Å². The number of piperidine rings is 1. The summed E-state index contributed by atoms with van der Waals surface area (Å²) in [6.45, 7) is 3.73. The number of aryl methyl sites for hydroxylation is 1. The lowest BCUT2D eigenvalue weighted by Crippen LogP contribution is -2.36. The van der Waals surface area contributed by atoms with Gasteiger partial charge in [-0.3, -0.25) is 4.79 Å². The molecule has 0 aromatic heterocycles. The van der Waals surface area contributed by atoms with Gasteiger partial charge in [-0.15, -0.1) is 11.8 Å². The van der Waals surface area contributed by atoms with E-state index < -0.39 is 10.0 Å². The van der Waals surface area contributed by atoms with Gasteiger partial charge in [0.2, 0.25) is 10.0 Å². The van der Waals surface area contributed by atoms with Gasteiger partial charge < -0.3 is 4.90 Å². The van der Waals surface area contributed by atoms with E-state index in [-0.39, 0.29) is 17.3 Å². The van der Waals surface area contributed by atoms with Crippen LogP contribution < -0.4 is 0 Å². The Kier molecular flexibility index (Phi) is 7.03. The topological polar surface area (TPSA) is 57.7 Å². The van der Waals surface area contributed by atoms with Gasteiger partial charge in [-0.1, -0.05) is 29.8 Å². The van der Waals surface area contributed by atoms with Crippen molar-refractivity contribution in [3.05, 3.63) is 59.2 Å². The quantitative estimate of drug-likeness (QED) is 0.643. The molecule has 7 heteroatoms. The molecule has 0 spiro atoms. The monoisotopic (exact) mass is 432 g/mol. The van der Waals surface area contributed by atoms with Crippen LogP contribution in [0.25, 0.3) is 0 Å². The second-order valence-corrected chi connectivity index (χ2v) is 10.4. The van der Waals surface area contributed by atoms with Crippen molar-refractivity contribution in [1.82, 2.24) is 9.21 Å². The van der Waals surface area contributed by atoms with Gasteiger partial charge in [0.25, 0.3) is 5.91 Å². The molecule has 156 valence electrons. The molecule has 0 bridgehead atoms. The van der Waals surface area contributed by atoms with E-state index in [0.717, 1.165) is 48.4 Å². The first-order valence-corrected chi connectivity index (χ1v) is 12.5. The normalized spacial score (nSPS) is 15.0. The molecule has 0 saturated carbocycles. The lowest BCUT2D eigenvalue weighted by molar-refractivity contribution is 0.0720. The minimum atomic E-state index is -3.71. The van der Waals surface area contributed by atoms with Gasteiger partial charge in [-0.05, 0) is 56.2 Å². The zero-order valence-electron chi connectivity index (χ0n) is 17.2. The van der Waals surface area contributed by atoms with E-state index in [2.05, 4.69) is 0 Å². The first-order chi connectivity index (χ1) is 13.8. The SMILES string of the molecule is CSc1ccc(S(=O)(=O)N(C)Cc2cccc(C)c2)cc1C(=O)N1CCCCC1. The van der Waals surface area contributed by atoms with Gasteiger partial charge in [0.1, 0.15) is 0 Å². The van der Waals surface area contributed by atoms with E-state index in [0.29, 0.717) is 5.56 Å². The molecule has 0 N–H and O–H groups in total. The summed E-state index contributed by atoms with van der Waals surface area (Å²) in [5, 5.41) is 0. The van der Waals surface area contributed by atoms with Crippen molar-refractivity contribution in [2.24, 2.45) is 0 Å². The van der Waals surface area contributed by atoms with Crippen molar-refractivity contribution < 1.29 is 13.2 Å². The molecule has 3 rings (SSSR count). The van der Waals surface area contributed by atoms with E-state index in [1.807, 2.05) is 42.3 Å². The standard InChI is InChI=1S/C22H28N2O3S2/c1-17-8-7-9-18(14-17)16-23(2)29(26,27)19-10-11-21(28-3)20(15-19)22(25)24-12-5-4-6-13-24/h7-11,14-15H,4-6,12-13,16H2,1-3H3. The Morgan fingerprint density at radius 3 is 2.48 bits per heavy atom. The molecule has 1 amide bonds. The van der Waals surface area contributed by atoms with Crippen molar-refractivity contribution in [2.75, 3.05) is 26.4 Å². The highest BCUT2D eigenvalue weighted by Gasteiger charge is 2.26. The van der Waals surface area contributed by atoms with E-state index in [9.17, 15) is 13.2 Å². The van der Waals surface area contributed by atoms with Crippen LogP contribution in [0, 0.1) is 6.92 Å². The molecule has 2 aromatic carbocycles. The Morgan fingerprint density at radius 2 is 1.83 bits per heavy atom. The van der Waals surface area contributed by atoms with Crippen LogP contribution in [0.5, 0.6) is 0 Å². The molecule has 29 heavy (non-hydrogen) atoms. The van der Waals surface area contributed by atoms with Gasteiger partial charge in [0.15, 0.2) is 0 Å². The fourth-order valence-electron chi connectivity index (χ4n) is 3.61. The van der Waals surface area contributed by atoms with Crippen molar-refractivity contribution in [3.63, 3.8) is 0 Å². The summed E-state index contributed by atoms with van der Waals surface area (Å²) in [5.74, 6) is -0.0764.